The van der Waals surface area contributed by atoms with E-state index in [0.29, 0.717) is 11.4 Å². The number of amides is 1. The number of likely N-dealkylation sites (N-methyl/N-ethyl adjacent to an activating group) is 1. The highest BCUT2D eigenvalue weighted by Gasteiger charge is 2.20. The van der Waals surface area contributed by atoms with Crippen molar-refractivity contribution in [3.8, 4) is 11.1 Å². The summed E-state index contributed by atoms with van der Waals surface area (Å²) in [7, 11) is 1.91. The first-order valence-corrected chi connectivity index (χ1v) is 11.2. The second-order valence-corrected chi connectivity index (χ2v) is 8.28. The Labute approximate surface area is 192 Å². The molecule has 0 bridgehead atoms. The molecule has 33 heavy (non-hydrogen) atoms. The summed E-state index contributed by atoms with van der Waals surface area (Å²) < 4.78 is 1.80. The van der Waals surface area contributed by atoms with Gasteiger partial charge in [0.05, 0.1) is 6.20 Å². The summed E-state index contributed by atoms with van der Waals surface area (Å²) in [6.07, 6.45) is 7.09. The Kier molecular flexibility index (Phi) is 5.75. The number of nitrogens with one attached hydrogen (secondary N) is 1. The van der Waals surface area contributed by atoms with E-state index in [2.05, 4.69) is 50.3 Å². The SMILES string of the molecule is CCN1CCN(c2nc(NC(=O)c3ccncc3)cc3cc(-c4cnn(C)c4)ccc23)CC1. The Balaban J connectivity index is 1.55. The van der Waals surface area contributed by atoms with E-state index in [9.17, 15) is 4.79 Å². The van der Waals surface area contributed by atoms with Crippen LogP contribution in [-0.2, 0) is 7.05 Å². The Morgan fingerprint density at radius 2 is 1.82 bits per heavy atom. The van der Waals surface area contributed by atoms with Crippen molar-refractivity contribution in [3.63, 3.8) is 0 Å². The molecule has 8 heteroatoms. The van der Waals surface area contributed by atoms with Crippen molar-refractivity contribution in [3.05, 3.63) is 66.7 Å². The first kappa shape index (κ1) is 21.1. The molecule has 1 aliphatic heterocycles. The Morgan fingerprint density at radius 3 is 2.52 bits per heavy atom. The maximum absolute atomic E-state index is 12.8. The first-order chi connectivity index (χ1) is 16.1. The summed E-state index contributed by atoms with van der Waals surface area (Å²) >= 11 is 0. The molecule has 0 atom stereocenters. The number of aryl methyl sites for hydroxylation is 1. The average molecular weight is 442 g/mol. The van der Waals surface area contributed by atoms with E-state index in [4.69, 9.17) is 4.98 Å². The van der Waals surface area contributed by atoms with Crippen LogP contribution in [0.2, 0.25) is 0 Å². The molecular weight excluding hydrogens is 414 g/mol. The molecule has 0 radical (unpaired) electrons. The lowest BCUT2D eigenvalue weighted by Gasteiger charge is -2.35. The summed E-state index contributed by atoms with van der Waals surface area (Å²) in [5.74, 6) is 1.25. The van der Waals surface area contributed by atoms with E-state index in [-0.39, 0.29) is 5.91 Å². The monoisotopic (exact) mass is 441 g/mol. The number of aromatic nitrogens is 4. The van der Waals surface area contributed by atoms with Crippen LogP contribution in [0.4, 0.5) is 11.6 Å². The minimum absolute atomic E-state index is 0.200. The molecule has 168 valence electrons. The van der Waals surface area contributed by atoms with Gasteiger partial charge in [-0.05, 0) is 41.8 Å². The van der Waals surface area contributed by atoms with Gasteiger partial charge in [-0.15, -0.1) is 0 Å². The first-order valence-electron chi connectivity index (χ1n) is 11.2. The Bertz CT molecular complexity index is 1280. The van der Waals surface area contributed by atoms with Crippen LogP contribution in [0.3, 0.4) is 0 Å². The normalized spacial score (nSPS) is 14.5. The number of nitrogens with zero attached hydrogens (tertiary/aromatic N) is 6. The van der Waals surface area contributed by atoms with Gasteiger partial charge in [-0.2, -0.15) is 5.10 Å². The molecule has 1 saturated heterocycles. The summed E-state index contributed by atoms with van der Waals surface area (Å²) in [4.78, 5) is 26.4. The second-order valence-electron chi connectivity index (χ2n) is 8.28. The van der Waals surface area contributed by atoms with E-state index >= 15 is 0 Å². The van der Waals surface area contributed by atoms with Gasteiger partial charge in [0.15, 0.2) is 0 Å². The fourth-order valence-corrected chi connectivity index (χ4v) is 4.26. The van der Waals surface area contributed by atoms with E-state index in [1.807, 2.05) is 25.5 Å². The molecule has 0 spiro atoms. The van der Waals surface area contributed by atoms with Gasteiger partial charge >= 0.3 is 0 Å². The number of anilines is 2. The molecule has 1 N–H and O–H groups in total. The van der Waals surface area contributed by atoms with Gasteiger partial charge < -0.3 is 15.1 Å². The summed E-state index contributed by atoms with van der Waals surface area (Å²) in [6, 6.07) is 11.7. The van der Waals surface area contributed by atoms with E-state index < -0.39 is 0 Å². The Hall–Kier alpha value is -3.78. The van der Waals surface area contributed by atoms with Gasteiger partial charge in [-0.25, -0.2) is 4.98 Å². The predicted octanol–water partition coefficient (Wildman–Crippen LogP) is 3.42. The summed E-state index contributed by atoms with van der Waals surface area (Å²) in [5.41, 5.74) is 2.68. The molecule has 1 aliphatic rings. The maximum atomic E-state index is 12.8. The lowest BCUT2D eigenvalue weighted by Crippen LogP contribution is -2.46. The lowest BCUT2D eigenvalue weighted by molar-refractivity contribution is 0.102. The number of benzene rings is 1. The number of piperazine rings is 1. The van der Waals surface area contributed by atoms with Crippen LogP contribution in [0, 0.1) is 0 Å². The molecule has 3 aromatic heterocycles. The molecule has 1 amide bonds. The molecule has 1 fully saturated rings. The van der Waals surface area contributed by atoms with Gasteiger partial charge in [0, 0.05) is 68.3 Å². The number of rotatable bonds is 5. The molecule has 8 nitrogen and oxygen atoms in total. The van der Waals surface area contributed by atoms with Crippen LogP contribution in [0.15, 0.2) is 61.2 Å². The fourth-order valence-electron chi connectivity index (χ4n) is 4.26. The van der Waals surface area contributed by atoms with Crippen molar-refractivity contribution in [2.75, 3.05) is 42.9 Å². The zero-order chi connectivity index (χ0) is 22.8. The smallest absolute Gasteiger partial charge is 0.256 e. The number of carbonyl (C=O) groups excluding carboxylic acids is 1. The summed E-state index contributed by atoms with van der Waals surface area (Å²) in [6.45, 7) is 7.06. The number of hydrogen-bond donors (Lipinski definition) is 1. The third-order valence-corrected chi connectivity index (χ3v) is 6.15. The van der Waals surface area contributed by atoms with Crippen molar-refractivity contribution < 1.29 is 4.79 Å². The summed E-state index contributed by atoms with van der Waals surface area (Å²) in [5, 5.41) is 9.39. The quantitative estimate of drug-likeness (QED) is 0.511. The second kappa shape index (κ2) is 8.99. The van der Waals surface area contributed by atoms with Gasteiger partial charge in [0.25, 0.3) is 5.91 Å². The molecule has 0 saturated carbocycles. The molecular formula is C25H27N7O. The van der Waals surface area contributed by atoms with Crippen molar-refractivity contribution in [2.24, 2.45) is 7.05 Å². The van der Waals surface area contributed by atoms with Crippen molar-refractivity contribution >= 4 is 28.3 Å². The van der Waals surface area contributed by atoms with Gasteiger partial charge in [-0.1, -0.05) is 19.1 Å². The Morgan fingerprint density at radius 1 is 1.03 bits per heavy atom. The minimum atomic E-state index is -0.200. The van der Waals surface area contributed by atoms with E-state index in [1.165, 1.54) is 0 Å². The zero-order valence-electron chi connectivity index (χ0n) is 18.9. The highest BCUT2D eigenvalue weighted by Crippen LogP contribution is 2.32. The number of pyridine rings is 2. The van der Waals surface area contributed by atoms with Crippen LogP contribution in [0.1, 0.15) is 17.3 Å². The standard InChI is InChI=1S/C25H27N7O/c1-3-31-10-12-32(13-11-31)24-22-5-4-19(21-16-27-30(2)17-21)14-20(22)15-23(28-24)29-25(33)18-6-8-26-9-7-18/h4-9,14-17H,3,10-13H2,1-2H3,(H,28,29,33). The van der Waals surface area contributed by atoms with E-state index in [1.54, 1.807) is 29.2 Å². The maximum Gasteiger partial charge on any atom is 0.256 e. The van der Waals surface area contributed by atoms with Crippen LogP contribution in [0.25, 0.3) is 21.9 Å². The number of carbonyl (C=O) groups is 1. The third-order valence-electron chi connectivity index (χ3n) is 6.15. The number of fused-ring (bicyclic) bond motifs is 1. The van der Waals surface area contributed by atoms with Crippen LogP contribution in [0.5, 0.6) is 0 Å². The number of hydrogen-bond acceptors (Lipinski definition) is 6. The highest BCUT2D eigenvalue weighted by molar-refractivity contribution is 6.05. The topological polar surface area (TPSA) is 79.2 Å². The molecule has 4 aromatic rings. The lowest BCUT2D eigenvalue weighted by atomic mass is 10.0. The largest absolute Gasteiger partial charge is 0.353 e. The van der Waals surface area contributed by atoms with Gasteiger partial charge in [-0.3, -0.25) is 14.5 Å². The molecule has 4 heterocycles. The van der Waals surface area contributed by atoms with Crippen LogP contribution in [-0.4, -0.2) is 63.3 Å². The fraction of sp³-hybridized carbons (Fsp3) is 0.280. The molecule has 5 rings (SSSR count). The minimum Gasteiger partial charge on any atom is -0.353 e. The van der Waals surface area contributed by atoms with Crippen molar-refractivity contribution in [1.82, 2.24) is 24.6 Å². The molecule has 0 aliphatic carbocycles. The van der Waals surface area contributed by atoms with Gasteiger partial charge in [0.2, 0.25) is 0 Å². The average Bonchev–Trinajstić information content (AvgIpc) is 3.30. The van der Waals surface area contributed by atoms with Gasteiger partial charge in [0.1, 0.15) is 11.6 Å². The third kappa shape index (κ3) is 4.42. The highest BCUT2D eigenvalue weighted by atomic mass is 16.1. The van der Waals surface area contributed by atoms with Crippen molar-refractivity contribution in [2.45, 2.75) is 6.92 Å². The van der Waals surface area contributed by atoms with Crippen molar-refractivity contribution in [1.29, 1.82) is 0 Å². The van der Waals surface area contributed by atoms with Crippen LogP contribution < -0.4 is 10.2 Å². The predicted molar refractivity (Wildman–Crippen MR) is 130 cm³/mol. The van der Waals surface area contributed by atoms with Crippen LogP contribution >= 0.6 is 0 Å². The molecule has 1 aromatic carbocycles. The zero-order valence-corrected chi connectivity index (χ0v) is 18.9. The molecule has 0 unspecified atom stereocenters. The van der Waals surface area contributed by atoms with E-state index in [0.717, 1.165) is 60.4 Å².